The van der Waals surface area contributed by atoms with Gasteiger partial charge in [0.25, 0.3) is 0 Å². The minimum Gasteiger partial charge on any atom is -0.473 e. The molecular weight excluding hydrogens is 206 g/mol. The van der Waals surface area contributed by atoms with Gasteiger partial charge in [0.15, 0.2) is 5.65 Å². The molecule has 2 unspecified atom stereocenters. The van der Waals surface area contributed by atoms with Crippen molar-refractivity contribution < 1.29 is 4.74 Å². The van der Waals surface area contributed by atoms with Gasteiger partial charge in [0, 0.05) is 6.04 Å². The molecule has 0 saturated heterocycles. The van der Waals surface area contributed by atoms with Crippen LogP contribution in [0.3, 0.4) is 0 Å². The van der Waals surface area contributed by atoms with Crippen molar-refractivity contribution >= 4 is 11.2 Å². The zero-order valence-electron chi connectivity index (χ0n) is 8.76. The van der Waals surface area contributed by atoms with Crippen LogP contribution in [0, 0.1) is 0 Å². The van der Waals surface area contributed by atoms with E-state index in [1.807, 2.05) is 0 Å². The van der Waals surface area contributed by atoms with E-state index in [-0.39, 0.29) is 12.1 Å². The second-order valence-corrected chi connectivity index (χ2v) is 4.09. The number of fused-ring (bicyclic) bond motifs is 1. The van der Waals surface area contributed by atoms with E-state index in [9.17, 15) is 0 Å². The van der Waals surface area contributed by atoms with E-state index in [0.29, 0.717) is 11.5 Å². The van der Waals surface area contributed by atoms with Crippen molar-refractivity contribution in [1.29, 1.82) is 0 Å². The Morgan fingerprint density at radius 1 is 1.31 bits per heavy atom. The molecule has 3 rings (SSSR count). The van der Waals surface area contributed by atoms with Crippen molar-refractivity contribution in [3.05, 3.63) is 12.7 Å². The molecule has 84 valence electrons. The summed E-state index contributed by atoms with van der Waals surface area (Å²) in [6.45, 7) is 0. The molecule has 1 saturated carbocycles. The third-order valence-electron chi connectivity index (χ3n) is 2.89. The molecule has 1 fully saturated rings. The van der Waals surface area contributed by atoms with Crippen molar-refractivity contribution in [3.63, 3.8) is 0 Å². The van der Waals surface area contributed by atoms with E-state index in [2.05, 4.69) is 19.9 Å². The summed E-state index contributed by atoms with van der Waals surface area (Å²) in [6.07, 6.45) is 6.11. The van der Waals surface area contributed by atoms with Crippen molar-refractivity contribution in [1.82, 2.24) is 19.9 Å². The van der Waals surface area contributed by atoms with Crippen LogP contribution in [0.15, 0.2) is 12.7 Å². The maximum absolute atomic E-state index is 5.84. The second-order valence-electron chi connectivity index (χ2n) is 4.09. The number of rotatable bonds is 2. The molecule has 2 aromatic heterocycles. The Kier molecular flexibility index (Phi) is 2.21. The Hall–Kier alpha value is -1.69. The highest BCUT2D eigenvalue weighted by atomic mass is 16.5. The lowest BCUT2D eigenvalue weighted by molar-refractivity contribution is 0.202. The van der Waals surface area contributed by atoms with Gasteiger partial charge in [-0.25, -0.2) is 9.97 Å². The zero-order chi connectivity index (χ0) is 11.0. The fourth-order valence-corrected chi connectivity index (χ4v) is 2.07. The molecule has 2 aromatic rings. The van der Waals surface area contributed by atoms with Crippen molar-refractivity contribution in [2.45, 2.75) is 31.4 Å². The fraction of sp³-hybridized carbons (Fsp3) is 0.500. The van der Waals surface area contributed by atoms with Crippen molar-refractivity contribution in [2.24, 2.45) is 5.73 Å². The fourth-order valence-electron chi connectivity index (χ4n) is 2.07. The van der Waals surface area contributed by atoms with Gasteiger partial charge in [0.1, 0.15) is 17.9 Å². The molecule has 1 aliphatic rings. The van der Waals surface area contributed by atoms with E-state index < -0.39 is 0 Å². The van der Waals surface area contributed by atoms with Crippen LogP contribution in [0.1, 0.15) is 19.3 Å². The van der Waals surface area contributed by atoms with Crippen LogP contribution in [0.4, 0.5) is 0 Å². The standard InChI is InChI=1S/C10H13N5O/c11-6-1-2-7(3-6)16-10-8-9(13-4-12-8)14-5-15-10/h4-7H,1-3,11H2,(H,12,13,14,15). The van der Waals surface area contributed by atoms with Crippen LogP contribution in [0.2, 0.25) is 0 Å². The Labute approximate surface area is 92.3 Å². The van der Waals surface area contributed by atoms with Crippen LogP contribution in [-0.2, 0) is 0 Å². The maximum atomic E-state index is 5.84. The highest BCUT2D eigenvalue weighted by molar-refractivity contribution is 5.74. The largest absolute Gasteiger partial charge is 0.473 e. The predicted molar refractivity (Wildman–Crippen MR) is 57.9 cm³/mol. The SMILES string of the molecule is NC1CCC(Oc2ncnc3nc[nH]c23)C1. The zero-order valence-corrected chi connectivity index (χ0v) is 8.76. The summed E-state index contributed by atoms with van der Waals surface area (Å²) < 4.78 is 5.81. The Balaban J connectivity index is 1.86. The van der Waals surface area contributed by atoms with Gasteiger partial charge < -0.3 is 15.5 Å². The topological polar surface area (TPSA) is 89.7 Å². The second kappa shape index (κ2) is 3.71. The van der Waals surface area contributed by atoms with E-state index in [1.54, 1.807) is 6.33 Å². The summed E-state index contributed by atoms with van der Waals surface area (Å²) in [5, 5.41) is 0. The Bertz CT molecular complexity index is 497. The number of hydrogen-bond donors (Lipinski definition) is 2. The summed E-state index contributed by atoms with van der Waals surface area (Å²) >= 11 is 0. The Morgan fingerprint density at radius 3 is 3.06 bits per heavy atom. The summed E-state index contributed by atoms with van der Waals surface area (Å²) in [7, 11) is 0. The first kappa shape index (κ1) is 9.53. The molecule has 6 nitrogen and oxygen atoms in total. The molecule has 0 bridgehead atoms. The van der Waals surface area contributed by atoms with Crippen LogP contribution in [0.25, 0.3) is 11.2 Å². The quantitative estimate of drug-likeness (QED) is 0.772. The smallest absolute Gasteiger partial charge is 0.243 e. The number of H-pyrrole nitrogens is 1. The number of nitrogens with one attached hydrogen (secondary N) is 1. The maximum Gasteiger partial charge on any atom is 0.243 e. The minimum atomic E-state index is 0.163. The molecule has 0 radical (unpaired) electrons. The first-order valence-electron chi connectivity index (χ1n) is 5.39. The van der Waals surface area contributed by atoms with Crippen molar-refractivity contribution in [3.8, 4) is 5.88 Å². The number of nitrogens with two attached hydrogens (primary N) is 1. The molecule has 0 spiro atoms. The summed E-state index contributed by atoms with van der Waals surface area (Å²) in [6, 6.07) is 0.254. The summed E-state index contributed by atoms with van der Waals surface area (Å²) in [5.74, 6) is 0.571. The molecule has 3 N–H and O–H groups in total. The van der Waals surface area contributed by atoms with Gasteiger partial charge in [0.2, 0.25) is 5.88 Å². The van der Waals surface area contributed by atoms with Crippen molar-refractivity contribution in [2.75, 3.05) is 0 Å². The van der Waals surface area contributed by atoms with Gasteiger partial charge in [-0.3, -0.25) is 0 Å². The first-order valence-corrected chi connectivity index (χ1v) is 5.39. The average Bonchev–Trinajstić information content (AvgIpc) is 2.87. The van der Waals surface area contributed by atoms with Gasteiger partial charge in [0.05, 0.1) is 6.33 Å². The molecule has 0 aliphatic heterocycles. The molecule has 2 atom stereocenters. The monoisotopic (exact) mass is 219 g/mol. The normalized spacial score (nSPS) is 25.1. The summed E-state index contributed by atoms with van der Waals surface area (Å²) in [5.41, 5.74) is 7.22. The molecule has 2 heterocycles. The van der Waals surface area contributed by atoms with E-state index in [4.69, 9.17) is 10.5 Å². The molecule has 0 aromatic carbocycles. The number of nitrogens with zero attached hydrogens (tertiary/aromatic N) is 3. The molecule has 1 aliphatic carbocycles. The van der Waals surface area contributed by atoms with E-state index >= 15 is 0 Å². The number of aromatic nitrogens is 4. The lowest BCUT2D eigenvalue weighted by Gasteiger charge is -2.12. The van der Waals surface area contributed by atoms with Crippen LogP contribution < -0.4 is 10.5 Å². The lowest BCUT2D eigenvalue weighted by Crippen LogP contribution is -2.19. The number of ether oxygens (including phenoxy) is 1. The molecule has 0 amide bonds. The van der Waals surface area contributed by atoms with Gasteiger partial charge >= 0.3 is 0 Å². The predicted octanol–water partition coefficient (Wildman–Crippen LogP) is 0.611. The van der Waals surface area contributed by atoms with Crippen LogP contribution >= 0.6 is 0 Å². The van der Waals surface area contributed by atoms with Gasteiger partial charge in [-0.15, -0.1) is 0 Å². The minimum absolute atomic E-state index is 0.163. The highest BCUT2D eigenvalue weighted by Crippen LogP contribution is 2.25. The lowest BCUT2D eigenvalue weighted by atomic mass is 10.3. The molecule has 16 heavy (non-hydrogen) atoms. The molecular formula is C10H13N5O. The van der Waals surface area contributed by atoms with Gasteiger partial charge in [-0.1, -0.05) is 0 Å². The average molecular weight is 219 g/mol. The highest BCUT2D eigenvalue weighted by Gasteiger charge is 2.24. The van der Waals surface area contributed by atoms with Gasteiger partial charge in [-0.2, -0.15) is 4.98 Å². The Morgan fingerprint density at radius 2 is 2.25 bits per heavy atom. The number of imidazole rings is 1. The van der Waals surface area contributed by atoms with E-state index in [1.165, 1.54) is 6.33 Å². The summed E-state index contributed by atoms with van der Waals surface area (Å²) in [4.78, 5) is 15.2. The van der Waals surface area contributed by atoms with Gasteiger partial charge in [-0.05, 0) is 19.3 Å². The third kappa shape index (κ3) is 1.61. The number of aromatic amines is 1. The first-order chi connectivity index (χ1) is 7.83. The third-order valence-corrected chi connectivity index (χ3v) is 2.89. The van der Waals surface area contributed by atoms with E-state index in [0.717, 1.165) is 24.8 Å². The number of hydrogen-bond acceptors (Lipinski definition) is 5. The molecule has 6 heteroatoms. The van der Waals surface area contributed by atoms with Crippen LogP contribution in [0.5, 0.6) is 5.88 Å². The van der Waals surface area contributed by atoms with Crippen LogP contribution in [-0.4, -0.2) is 32.1 Å².